The van der Waals surface area contributed by atoms with E-state index in [9.17, 15) is 13.2 Å². The van der Waals surface area contributed by atoms with Gasteiger partial charge in [-0.25, -0.2) is 13.6 Å². The second kappa shape index (κ2) is 7.50. The van der Waals surface area contributed by atoms with Crippen molar-refractivity contribution >= 4 is 21.6 Å². The van der Waals surface area contributed by atoms with Crippen LogP contribution in [0.1, 0.15) is 13.8 Å². The molecule has 0 bridgehead atoms. The predicted octanol–water partition coefficient (Wildman–Crippen LogP) is 0.323. The van der Waals surface area contributed by atoms with Gasteiger partial charge in [-0.15, -0.1) is 0 Å². The Bertz CT molecular complexity index is 665. The molecule has 0 radical (unpaired) electrons. The van der Waals surface area contributed by atoms with Gasteiger partial charge in [0.1, 0.15) is 0 Å². The van der Waals surface area contributed by atoms with E-state index in [1.54, 1.807) is 17.0 Å². The summed E-state index contributed by atoms with van der Waals surface area (Å²) in [6.45, 7) is 7.64. The number of carbonyl (C=O) groups excluding carboxylic acids is 1. The highest BCUT2D eigenvalue weighted by atomic mass is 32.2. The topological polar surface area (TPSA) is 86.9 Å². The predicted molar refractivity (Wildman–Crippen MR) is 94.4 cm³/mol. The first-order valence-electron chi connectivity index (χ1n) is 8.04. The third kappa shape index (κ3) is 4.68. The SMILES string of the molecule is CC(C)N(C)C(=O)CN1CCN(c2ccc(S(N)(=O)=O)cc2)CC1. The van der Waals surface area contributed by atoms with Crippen LogP contribution < -0.4 is 10.0 Å². The summed E-state index contributed by atoms with van der Waals surface area (Å²) in [5, 5.41) is 5.11. The van der Waals surface area contributed by atoms with Crippen molar-refractivity contribution in [3.05, 3.63) is 24.3 Å². The summed E-state index contributed by atoms with van der Waals surface area (Å²) in [5.41, 5.74) is 0.965. The van der Waals surface area contributed by atoms with Crippen LogP contribution in [0.3, 0.4) is 0 Å². The first-order valence-corrected chi connectivity index (χ1v) is 9.59. The van der Waals surface area contributed by atoms with E-state index in [4.69, 9.17) is 5.14 Å². The number of nitrogens with zero attached hydrogens (tertiary/aromatic N) is 3. The van der Waals surface area contributed by atoms with Crippen molar-refractivity contribution in [3.8, 4) is 0 Å². The van der Waals surface area contributed by atoms with E-state index in [0.717, 1.165) is 31.9 Å². The summed E-state index contributed by atoms with van der Waals surface area (Å²) < 4.78 is 22.6. The molecule has 1 saturated heterocycles. The summed E-state index contributed by atoms with van der Waals surface area (Å²) in [7, 11) is -1.83. The molecular formula is C16H26N4O3S. The van der Waals surface area contributed by atoms with Gasteiger partial charge in [-0.05, 0) is 38.1 Å². The minimum absolute atomic E-state index is 0.118. The molecule has 1 aliphatic heterocycles. The number of likely N-dealkylation sites (N-methyl/N-ethyl adjacent to an activating group) is 1. The van der Waals surface area contributed by atoms with Crippen molar-refractivity contribution in [2.24, 2.45) is 5.14 Å². The highest BCUT2D eigenvalue weighted by Crippen LogP contribution is 2.19. The van der Waals surface area contributed by atoms with Crippen LogP contribution in [-0.2, 0) is 14.8 Å². The maximum absolute atomic E-state index is 12.1. The lowest BCUT2D eigenvalue weighted by Crippen LogP contribution is -2.50. The van der Waals surface area contributed by atoms with Crippen LogP contribution in [0.2, 0.25) is 0 Å². The number of sulfonamides is 1. The van der Waals surface area contributed by atoms with E-state index in [-0.39, 0.29) is 16.8 Å². The molecule has 7 nitrogen and oxygen atoms in total. The number of primary sulfonamides is 1. The Hall–Kier alpha value is -1.64. The zero-order valence-electron chi connectivity index (χ0n) is 14.5. The fraction of sp³-hybridized carbons (Fsp3) is 0.562. The summed E-state index contributed by atoms with van der Waals surface area (Å²) in [6.07, 6.45) is 0. The van der Waals surface area contributed by atoms with Crippen LogP contribution >= 0.6 is 0 Å². The average molecular weight is 354 g/mol. The molecule has 0 aromatic heterocycles. The van der Waals surface area contributed by atoms with Crippen molar-refractivity contribution in [2.45, 2.75) is 24.8 Å². The Labute approximate surface area is 144 Å². The lowest BCUT2D eigenvalue weighted by atomic mass is 10.2. The van der Waals surface area contributed by atoms with E-state index in [1.807, 2.05) is 20.9 Å². The molecule has 1 fully saturated rings. The highest BCUT2D eigenvalue weighted by molar-refractivity contribution is 7.89. The van der Waals surface area contributed by atoms with Crippen LogP contribution in [0.25, 0.3) is 0 Å². The monoisotopic (exact) mass is 354 g/mol. The zero-order valence-corrected chi connectivity index (χ0v) is 15.3. The molecule has 1 aromatic carbocycles. The molecule has 0 unspecified atom stereocenters. The molecule has 24 heavy (non-hydrogen) atoms. The molecule has 8 heteroatoms. The number of piperazine rings is 1. The molecule has 0 spiro atoms. The van der Waals surface area contributed by atoms with Crippen LogP contribution in [0.15, 0.2) is 29.2 Å². The molecule has 134 valence electrons. The Kier molecular flexibility index (Phi) is 5.84. The Balaban J connectivity index is 1.90. The number of nitrogens with two attached hydrogens (primary N) is 1. The molecule has 0 atom stereocenters. The van der Waals surface area contributed by atoms with Gasteiger partial charge >= 0.3 is 0 Å². The van der Waals surface area contributed by atoms with Gasteiger partial charge in [0.25, 0.3) is 0 Å². The first-order chi connectivity index (χ1) is 11.2. The molecule has 1 amide bonds. The molecule has 1 aliphatic rings. The van der Waals surface area contributed by atoms with Crippen molar-refractivity contribution in [3.63, 3.8) is 0 Å². The van der Waals surface area contributed by atoms with Crippen molar-refractivity contribution < 1.29 is 13.2 Å². The third-order valence-electron chi connectivity index (χ3n) is 4.43. The number of benzene rings is 1. The van der Waals surface area contributed by atoms with Gasteiger partial charge in [0.2, 0.25) is 15.9 Å². The summed E-state index contributed by atoms with van der Waals surface area (Å²) in [4.78, 5) is 18.3. The van der Waals surface area contributed by atoms with Gasteiger partial charge in [0.05, 0.1) is 11.4 Å². The third-order valence-corrected chi connectivity index (χ3v) is 5.36. The molecule has 2 rings (SSSR count). The van der Waals surface area contributed by atoms with Crippen LogP contribution in [0, 0.1) is 0 Å². The van der Waals surface area contributed by atoms with Crippen LogP contribution in [0.4, 0.5) is 5.69 Å². The zero-order chi connectivity index (χ0) is 17.9. The van der Waals surface area contributed by atoms with Gasteiger partial charge < -0.3 is 9.80 Å². The number of carbonyl (C=O) groups is 1. The van der Waals surface area contributed by atoms with E-state index in [2.05, 4.69) is 9.80 Å². The maximum Gasteiger partial charge on any atom is 0.238 e. The second-order valence-corrected chi connectivity index (χ2v) is 7.96. The standard InChI is InChI=1S/C16H26N4O3S/c1-13(2)18(3)16(21)12-19-8-10-20(11-9-19)14-4-6-15(7-5-14)24(17,22)23/h4-7,13H,8-12H2,1-3H3,(H2,17,22,23). The van der Waals surface area contributed by atoms with Crippen molar-refractivity contribution in [1.29, 1.82) is 0 Å². The number of anilines is 1. The lowest BCUT2D eigenvalue weighted by Gasteiger charge is -2.36. The molecule has 1 heterocycles. The molecular weight excluding hydrogens is 328 g/mol. The highest BCUT2D eigenvalue weighted by Gasteiger charge is 2.21. The van der Waals surface area contributed by atoms with E-state index >= 15 is 0 Å². The lowest BCUT2D eigenvalue weighted by molar-refractivity contribution is -0.132. The quantitative estimate of drug-likeness (QED) is 0.823. The Morgan fingerprint density at radius 3 is 2.17 bits per heavy atom. The average Bonchev–Trinajstić information content (AvgIpc) is 2.54. The molecule has 0 saturated carbocycles. The Morgan fingerprint density at radius 1 is 1.17 bits per heavy atom. The fourth-order valence-electron chi connectivity index (χ4n) is 2.60. The van der Waals surface area contributed by atoms with Crippen molar-refractivity contribution in [2.75, 3.05) is 44.7 Å². The molecule has 0 aliphatic carbocycles. The molecule has 1 aromatic rings. The van der Waals surface area contributed by atoms with Crippen LogP contribution in [-0.4, -0.2) is 69.9 Å². The fourth-order valence-corrected chi connectivity index (χ4v) is 3.12. The normalized spacial score (nSPS) is 16.5. The maximum atomic E-state index is 12.1. The number of hydrogen-bond donors (Lipinski definition) is 1. The first kappa shape index (κ1) is 18.7. The smallest absolute Gasteiger partial charge is 0.238 e. The van der Waals surface area contributed by atoms with Gasteiger partial charge in [-0.2, -0.15) is 0 Å². The largest absolute Gasteiger partial charge is 0.369 e. The summed E-state index contributed by atoms with van der Waals surface area (Å²) in [6, 6.07) is 6.80. The van der Waals surface area contributed by atoms with Gasteiger partial charge in [0.15, 0.2) is 0 Å². The van der Waals surface area contributed by atoms with Gasteiger partial charge in [-0.1, -0.05) is 0 Å². The molecule has 2 N–H and O–H groups in total. The van der Waals surface area contributed by atoms with Gasteiger partial charge in [0, 0.05) is 45.0 Å². The number of amides is 1. The van der Waals surface area contributed by atoms with E-state index in [1.165, 1.54) is 12.1 Å². The summed E-state index contributed by atoms with van der Waals surface area (Å²) in [5.74, 6) is 0.135. The number of hydrogen-bond acceptors (Lipinski definition) is 5. The van der Waals surface area contributed by atoms with Crippen LogP contribution in [0.5, 0.6) is 0 Å². The Morgan fingerprint density at radius 2 is 1.71 bits per heavy atom. The minimum atomic E-state index is -3.66. The van der Waals surface area contributed by atoms with Crippen molar-refractivity contribution in [1.82, 2.24) is 9.80 Å². The second-order valence-electron chi connectivity index (χ2n) is 6.40. The van der Waals surface area contributed by atoms with E-state index < -0.39 is 10.0 Å². The van der Waals surface area contributed by atoms with E-state index in [0.29, 0.717) is 6.54 Å². The summed E-state index contributed by atoms with van der Waals surface area (Å²) >= 11 is 0. The number of rotatable bonds is 5. The van der Waals surface area contributed by atoms with Gasteiger partial charge in [-0.3, -0.25) is 9.69 Å². The minimum Gasteiger partial charge on any atom is -0.369 e.